The summed E-state index contributed by atoms with van der Waals surface area (Å²) in [5.74, 6) is 0.724. The largest absolute Gasteiger partial charge is 0.501 e. The summed E-state index contributed by atoms with van der Waals surface area (Å²) in [7, 11) is -1.47. The van der Waals surface area contributed by atoms with E-state index in [1.54, 1.807) is 0 Å². The number of nitrogens with zero attached hydrogens (tertiary/aromatic N) is 2. The van der Waals surface area contributed by atoms with Crippen LogP contribution in [0.4, 0.5) is 0 Å². The summed E-state index contributed by atoms with van der Waals surface area (Å²) in [6.07, 6.45) is 6.49. The van der Waals surface area contributed by atoms with E-state index in [0.29, 0.717) is 0 Å². The third kappa shape index (κ3) is 5.88. The molecule has 3 heterocycles. The van der Waals surface area contributed by atoms with Gasteiger partial charge in [-0.3, -0.25) is 0 Å². The van der Waals surface area contributed by atoms with Gasteiger partial charge in [-0.2, -0.15) is 0 Å². The smallest absolute Gasteiger partial charge is 0.120 e. The fourth-order valence-electron chi connectivity index (χ4n) is 5.00. The molecule has 6 aromatic rings. The zero-order valence-corrected chi connectivity index (χ0v) is 26.7. The third-order valence-corrected chi connectivity index (χ3v) is 9.29. The van der Waals surface area contributed by atoms with Gasteiger partial charge in [0.15, 0.2) is 0 Å². The van der Waals surface area contributed by atoms with Crippen LogP contribution in [0.1, 0.15) is 29.9 Å². The zero-order valence-electron chi connectivity index (χ0n) is 23.3. The van der Waals surface area contributed by atoms with Crippen LogP contribution in [0.5, 0.6) is 0 Å². The van der Waals surface area contributed by atoms with Crippen LogP contribution in [-0.2, 0) is 20.1 Å². The Morgan fingerprint density at radius 3 is 2.25 bits per heavy atom. The molecule has 1 radical (unpaired) electrons. The third-order valence-electron chi connectivity index (χ3n) is 7.25. The van der Waals surface area contributed by atoms with Gasteiger partial charge in [0, 0.05) is 37.9 Å². The Hall–Kier alpha value is -3.37. The molecule has 1 aliphatic carbocycles. The number of hydrogen-bond acceptors (Lipinski definition) is 3. The second-order valence-electron chi connectivity index (χ2n) is 11.4. The summed E-state index contributed by atoms with van der Waals surface area (Å²) < 4.78 is 6.31. The Kier molecular flexibility index (Phi) is 8.18. The molecular weight excluding hydrogens is 685 g/mol. The minimum atomic E-state index is -1.47. The topological polar surface area (TPSA) is 38.9 Å². The molecule has 3 nitrogen and oxygen atoms in total. The first-order valence-corrected chi connectivity index (χ1v) is 17.1. The van der Waals surface area contributed by atoms with E-state index in [4.69, 9.17) is 9.40 Å². The minimum Gasteiger partial charge on any atom is -0.501 e. The van der Waals surface area contributed by atoms with E-state index in [9.17, 15) is 0 Å². The maximum Gasteiger partial charge on any atom is 0.120 e. The van der Waals surface area contributed by atoms with Crippen molar-refractivity contribution in [2.45, 2.75) is 45.3 Å². The van der Waals surface area contributed by atoms with E-state index < -0.39 is 8.07 Å². The molecule has 3 aromatic heterocycles. The number of furan rings is 1. The Labute approximate surface area is 251 Å². The summed E-state index contributed by atoms with van der Waals surface area (Å²) in [6, 6.07) is 33.4. The van der Waals surface area contributed by atoms with Crippen molar-refractivity contribution in [3.05, 3.63) is 115 Å². The first-order valence-electron chi connectivity index (χ1n) is 13.6. The van der Waals surface area contributed by atoms with Crippen LogP contribution in [-0.4, -0.2) is 18.0 Å². The molecule has 0 spiro atoms. The molecule has 1 fully saturated rings. The van der Waals surface area contributed by atoms with Crippen molar-refractivity contribution >= 4 is 35.2 Å². The quantitative estimate of drug-likeness (QED) is 0.135. The molecule has 0 amide bonds. The molecule has 0 bridgehead atoms. The summed E-state index contributed by atoms with van der Waals surface area (Å²) in [5, 5.41) is 3.90. The number of fused-ring (bicyclic) bond motifs is 3. The van der Waals surface area contributed by atoms with Crippen molar-refractivity contribution < 1.29 is 24.5 Å². The number of aryl methyl sites for hydroxylation is 1. The molecule has 3 aromatic carbocycles. The van der Waals surface area contributed by atoms with Crippen molar-refractivity contribution in [1.82, 2.24) is 9.97 Å². The standard InChI is InChI=1S/C23H22NOSi.C12H10N.Ir/c1-26(2,3)21-9-5-8-20-22(21)18-7-4-6-17(23(18)25-20)19-13-12-16(14-24-19)15-10-11-15;1-10-7-8-12(13-9-10)11-5-3-2-4-6-11;/h4-5,7-9,12-15H,10-11H2,1-3H3;2-5,7-9H,1H3;/q2*-1;. The number of pyridine rings is 2. The molecule has 0 aliphatic heterocycles. The van der Waals surface area contributed by atoms with E-state index in [1.807, 2.05) is 55.7 Å². The second kappa shape index (κ2) is 11.6. The Bertz CT molecular complexity index is 1730. The average molecular weight is 717 g/mol. The van der Waals surface area contributed by atoms with Gasteiger partial charge in [0.1, 0.15) is 5.58 Å². The monoisotopic (exact) mass is 717 g/mol. The number of benzene rings is 3. The Morgan fingerprint density at radius 1 is 0.800 bits per heavy atom. The molecule has 0 saturated heterocycles. The van der Waals surface area contributed by atoms with Gasteiger partial charge in [-0.1, -0.05) is 72.2 Å². The van der Waals surface area contributed by atoms with Crippen molar-refractivity contribution in [2.75, 3.05) is 0 Å². The van der Waals surface area contributed by atoms with Gasteiger partial charge in [-0.05, 0) is 54.3 Å². The first-order chi connectivity index (χ1) is 18.9. The van der Waals surface area contributed by atoms with Gasteiger partial charge >= 0.3 is 0 Å². The number of hydrogen-bond donors (Lipinski definition) is 0. The van der Waals surface area contributed by atoms with Crippen molar-refractivity contribution in [1.29, 1.82) is 0 Å². The Morgan fingerprint density at radius 2 is 1.60 bits per heavy atom. The van der Waals surface area contributed by atoms with Gasteiger partial charge in [0.2, 0.25) is 0 Å². The average Bonchev–Trinajstić information content (AvgIpc) is 3.73. The van der Waals surface area contributed by atoms with Crippen molar-refractivity contribution in [3.8, 4) is 22.5 Å². The van der Waals surface area contributed by atoms with E-state index >= 15 is 0 Å². The maximum absolute atomic E-state index is 6.31. The zero-order chi connectivity index (χ0) is 27.0. The molecule has 203 valence electrons. The molecule has 40 heavy (non-hydrogen) atoms. The van der Waals surface area contributed by atoms with Crippen molar-refractivity contribution in [2.24, 2.45) is 0 Å². The summed E-state index contributed by atoms with van der Waals surface area (Å²) in [5.41, 5.74) is 8.33. The van der Waals surface area contributed by atoms with Crippen LogP contribution >= 0.6 is 0 Å². The fourth-order valence-corrected chi connectivity index (χ4v) is 6.60. The molecule has 7 rings (SSSR count). The predicted molar refractivity (Wildman–Crippen MR) is 164 cm³/mol. The summed E-state index contributed by atoms with van der Waals surface area (Å²) in [4.78, 5) is 9.04. The SMILES string of the molecule is C[Si](C)(C)c1cccc2oc3c(-c4ccc(C5CC5)cn4)[c-]ccc3c12.Cc1ccc(-c2[c-]cccc2)nc1.[Ir]. The van der Waals surface area contributed by atoms with E-state index in [-0.39, 0.29) is 20.1 Å². The fraction of sp³-hybridized carbons (Fsp3) is 0.200. The second-order valence-corrected chi connectivity index (χ2v) is 16.4. The molecule has 0 atom stereocenters. The van der Waals surface area contributed by atoms with Crippen LogP contribution in [0.3, 0.4) is 0 Å². The van der Waals surface area contributed by atoms with Crippen LogP contribution in [0.15, 0.2) is 95.7 Å². The summed E-state index contributed by atoms with van der Waals surface area (Å²) >= 11 is 0. The van der Waals surface area contributed by atoms with Gasteiger partial charge in [-0.25, -0.2) is 0 Å². The molecular formula is C35H32IrN2OSi-2. The number of aromatic nitrogens is 2. The molecule has 1 saturated carbocycles. The summed E-state index contributed by atoms with van der Waals surface area (Å²) in [6.45, 7) is 9.18. The predicted octanol–water partition coefficient (Wildman–Crippen LogP) is 8.73. The van der Waals surface area contributed by atoms with E-state index in [1.165, 1.54) is 39.9 Å². The Balaban J connectivity index is 0.000000195. The van der Waals surface area contributed by atoms with Gasteiger partial charge in [0.05, 0.1) is 13.7 Å². The molecule has 5 heteroatoms. The first kappa shape index (κ1) is 28.2. The van der Waals surface area contributed by atoms with Crippen molar-refractivity contribution in [3.63, 3.8) is 0 Å². The van der Waals surface area contributed by atoms with Crippen LogP contribution in [0.25, 0.3) is 44.5 Å². The van der Waals surface area contributed by atoms with Gasteiger partial charge in [0.25, 0.3) is 0 Å². The minimum absolute atomic E-state index is 0. The van der Waals surface area contributed by atoms with Gasteiger partial charge < -0.3 is 14.4 Å². The van der Waals surface area contributed by atoms with Crippen LogP contribution in [0, 0.1) is 19.1 Å². The van der Waals surface area contributed by atoms with Crippen LogP contribution in [0.2, 0.25) is 19.6 Å². The molecule has 1 aliphatic rings. The van der Waals surface area contributed by atoms with E-state index in [2.05, 4.69) is 79.2 Å². The number of rotatable bonds is 4. The normalized spacial score (nSPS) is 13.0. The van der Waals surface area contributed by atoms with Gasteiger partial charge in [-0.15, -0.1) is 54.1 Å². The molecule has 0 unspecified atom stereocenters. The van der Waals surface area contributed by atoms with Crippen LogP contribution < -0.4 is 5.19 Å². The molecule has 0 N–H and O–H groups in total. The maximum atomic E-state index is 6.31. The van der Waals surface area contributed by atoms with E-state index in [0.717, 1.165) is 39.6 Å².